The molecular weight excluding hydrogens is 284 g/mol. The van der Waals surface area contributed by atoms with Crippen LogP contribution >= 0.6 is 0 Å². The minimum absolute atomic E-state index is 0.278. The molecule has 0 spiro atoms. The third-order valence-corrected chi connectivity index (χ3v) is 3.92. The van der Waals surface area contributed by atoms with Crippen LogP contribution < -0.4 is 0 Å². The Labute approximate surface area is 129 Å². The molecule has 0 saturated carbocycles. The van der Waals surface area contributed by atoms with Gasteiger partial charge in [-0.15, -0.1) is 0 Å². The Bertz CT molecular complexity index is 566. The highest BCUT2D eigenvalue weighted by Gasteiger charge is 2.50. The van der Waals surface area contributed by atoms with Crippen molar-refractivity contribution in [1.29, 1.82) is 0 Å². The van der Waals surface area contributed by atoms with E-state index in [1.54, 1.807) is 19.9 Å². The molecular formula is C17H20O5. The Kier molecular flexibility index (Phi) is 4.14. The minimum atomic E-state index is -1.01. The van der Waals surface area contributed by atoms with Crippen molar-refractivity contribution in [2.45, 2.75) is 50.7 Å². The van der Waals surface area contributed by atoms with E-state index >= 15 is 0 Å². The van der Waals surface area contributed by atoms with Crippen LogP contribution in [0.3, 0.4) is 0 Å². The zero-order valence-corrected chi connectivity index (χ0v) is 12.6. The van der Waals surface area contributed by atoms with Gasteiger partial charge in [-0.2, -0.15) is 0 Å². The van der Waals surface area contributed by atoms with Crippen LogP contribution in [-0.4, -0.2) is 41.6 Å². The predicted octanol–water partition coefficient (Wildman–Crippen LogP) is 1.59. The lowest BCUT2D eigenvalue weighted by Crippen LogP contribution is -2.49. The van der Waals surface area contributed by atoms with Gasteiger partial charge in [0.2, 0.25) is 0 Å². The summed E-state index contributed by atoms with van der Waals surface area (Å²) in [5, 5.41) is 10.4. The van der Waals surface area contributed by atoms with Crippen molar-refractivity contribution in [3.63, 3.8) is 0 Å². The summed E-state index contributed by atoms with van der Waals surface area (Å²) in [4.78, 5) is 11.2. The molecule has 1 saturated heterocycles. The van der Waals surface area contributed by atoms with Crippen LogP contribution in [0, 0.1) is 0 Å². The van der Waals surface area contributed by atoms with Gasteiger partial charge in [0.25, 0.3) is 0 Å². The summed E-state index contributed by atoms with van der Waals surface area (Å²) >= 11 is 0. The van der Waals surface area contributed by atoms with Crippen LogP contribution in [0.4, 0.5) is 0 Å². The van der Waals surface area contributed by atoms with Crippen LogP contribution in [0.2, 0.25) is 0 Å². The molecule has 22 heavy (non-hydrogen) atoms. The van der Waals surface area contributed by atoms with Gasteiger partial charge in [0, 0.05) is 5.57 Å². The van der Waals surface area contributed by atoms with Gasteiger partial charge in [0.05, 0.1) is 6.61 Å². The molecule has 0 radical (unpaired) electrons. The fourth-order valence-corrected chi connectivity index (χ4v) is 2.92. The Morgan fingerprint density at radius 2 is 2.00 bits per heavy atom. The third kappa shape index (κ3) is 2.98. The Balaban J connectivity index is 1.79. The summed E-state index contributed by atoms with van der Waals surface area (Å²) in [5.74, 6) is -0.766. The first-order valence-electron chi connectivity index (χ1n) is 7.36. The maximum atomic E-state index is 11.2. The first-order chi connectivity index (χ1) is 10.5. The Morgan fingerprint density at radius 1 is 1.27 bits per heavy atom. The second kappa shape index (κ2) is 5.93. The zero-order valence-electron chi connectivity index (χ0n) is 12.6. The maximum absolute atomic E-state index is 11.2. The topological polar surface area (TPSA) is 65.0 Å². The van der Waals surface area contributed by atoms with Crippen LogP contribution in [0.5, 0.6) is 0 Å². The van der Waals surface area contributed by atoms with Crippen molar-refractivity contribution in [2.75, 3.05) is 0 Å². The maximum Gasteiger partial charge on any atom is 0.164 e. The number of ether oxygens (including phenoxy) is 3. The van der Waals surface area contributed by atoms with E-state index in [2.05, 4.69) is 0 Å². The molecule has 1 aromatic carbocycles. The fraction of sp³-hybridized carbons (Fsp3) is 0.471. The molecule has 118 valence electrons. The van der Waals surface area contributed by atoms with E-state index in [9.17, 15) is 9.90 Å². The molecule has 1 aromatic rings. The van der Waals surface area contributed by atoms with E-state index < -0.39 is 24.1 Å². The number of aldehydes is 1. The van der Waals surface area contributed by atoms with Crippen molar-refractivity contribution < 1.29 is 24.1 Å². The van der Waals surface area contributed by atoms with Crippen molar-refractivity contribution in [2.24, 2.45) is 0 Å². The number of aliphatic hydroxyl groups excluding tert-OH is 1. The monoisotopic (exact) mass is 304 g/mol. The van der Waals surface area contributed by atoms with Gasteiger partial charge in [0.1, 0.15) is 30.7 Å². The first kappa shape index (κ1) is 15.4. The number of carbonyl (C=O) groups is 1. The Morgan fingerprint density at radius 3 is 2.68 bits per heavy atom. The van der Waals surface area contributed by atoms with Gasteiger partial charge < -0.3 is 19.3 Å². The highest BCUT2D eigenvalue weighted by molar-refractivity contribution is 5.75. The van der Waals surface area contributed by atoms with Crippen LogP contribution in [0.1, 0.15) is 19.4 Å². The van der Waals surface area contributed by atoms with Gasteiger partial charge in [0.15, 0.2) is 5.79 Å². The molecule has 3 rings (SSSR count). The molecule has 1 aliphatic carbocycles. The number of aliphatic hydroxyl groups is 1. The second-order valence-corrected chi connectivity index (χ2v) is 6.06. The highest BCUT2D eigenvalue weighted by atomic mass is 16.8. The van der Waals surface area contributed by atoms with Gasteiger partial charge in [-0.1, -0.05) is 30.3 Å². The molecule has 1 fully saturated rings. The average molecular weight is 304 g/mol. The van der Waals surface area contributed by atoms with E-state index in [0.717, 1.165) is 5.56 Å². The smallest absolute Gasteiger partial charge is 0.164 e. The van der Waals surface area contributed by atoms with E-state index in [1.807, 2.05) is 30.3 Å². The molecule has 0 unspecified atom stereocenters. The summed E-state index contributed by atoms with van der Waals surface area (Å²) in [6.45, 7) is 3.95. The molecule has 1 aliphatic heterocycles. The van der Waals surface area contributed by atoms with Crippen molar-refractivity contribution in [3.05, 3.63) is 47.5 Å². The van der Waals surface area contributed by atoms with Gasteiger partial charge >= 0.3 is 0 Å². The summed E-state index contributed by atoms with van der Waals surface area (Å²) in [6.07, 6.45) is -0.206. The average Bonchev–Trinajstić information content (AvgIpc) is 2.81. The molecule has 5 heteroatoms. The van der Waals surface area contributed by atoms with Gasteiger partial charge in [-0.3, -0.25) is 4.79 Å². The quantitative estimate of drug-likeness (QED) is 0.856. The van der Waals surface area contributed by atoms with Gasteiger partial charge in [-0.25, -0.2) is 0 Å². The molecule has 1 N–H and O–H groups in total. The van der Waals surface area contributed by atoms with Gasteiger partial charge in [-0.05, 0) is 25.5 Å². The minimum Gasteiger partial charge on any atom is -0.385 e. The van der Waals surface area contributed by atoms with Crippen molar-refractivity contribution in [3.8, 4) is 0 Å². The molecule has 0 amide bonds. The van der Waals surface area contributed by atoms with Crippen molar-refractivity contribution >= 4 is 6.29 Å². The van der Waals surface area contributed by atoms with E-state index in [0.29, 0.717) is 12.9 Å². The van der Waals surface area contributed by atoms with E-state index in [1.165, 1.54) is 0 Å². The zero-order chi connectivity index (χ0) is 15.7. The lowest BCUT2D eigenvalue weighted by Gasteiger charge is -2.33. The summed E-state index contributed by atoms with van der Waals surface area (Å²) in [7, 11) is 0. The molecule has 4 atom stereocenters. The fourth-order valence-electron chi connectivity index (χ4n) is 2.92. The standard InChI is InChI=1S/C17H20O5/c1-17(2)21-13-8-12(9-18)14(19)16(15(13)22-17)20-10-11-6-4-3-5-7-11/h3-9,13-16,19H,10H2,1-2H3/t13-,14+,15-,16-/m0/s1. The number of hydrogen-bond donors (Lipinski definition) is 1. The number of hydrogen-bond acceptors (Lipinski definition) is 5. The summed E-state index contributed by atoms with van der Waals surface area (Å²) in [6, 6.07) is 9.67. The largest absolute Gasteiger partial charge is 0.385 e. The third-order valence-electron chi connectivity index (χ3n) is 3.92. The molecule has 1 heterocycles. The summed E-state index contributed by atoms with van der Waals surface area (Å²) in [5.41, 5.74) is 1.27. The summed E-state index contributed by atoms with van der Waals surface area (Å²) < 4.78 is 17.5. The first-order valence-corrected chi connectivity index (χ1v) is 7.36. The highest BCUT2D eigenvalue weighted by Crippen LogP contribution is 2.37. The SMILES string of the molecule is CC1(C)O[C@@H]2[C@@H](OCc3ccccc3)[C@H](O)C(C=O)=C[C@@H]2O1. The predicted molar refractivity (Wildman–Crippen MR) is 79.0 cm³/mol. The van der Waals surface area contributed by atoms with Crippen LogP contribution in [-0.2, 0) is 25.6 Å². The number of benzene rings is 1. The molecule has 0 aromatic heterocycles. The molecule has 2 aliphatic rings. The number of rotatable bonds is 4. The lowest BCUT2D eigenvalue weighted by molar-refractivity contribution is -0.168. The number of carbonyl (C=O) groups excluding carboxylic acids is 1. The second-order valence-electron chi connectivity index (χ2n) is 6.06. The normalized spacial score (nSPS) is 33.1. The lowest BCUT2D eigenvalue weighted by atomic mass is 9.90. The Hall–Kier alpha value is -1.53. The van der Waals surface area contributed by atoms with Crippen LogP contribution in [0.25, 0.3) is 0 Å². The molecule has 0 bridgehead atoms. The molecule has 5 nitrogen and oxygen atoms in total. The number of fused-ring (bicyclic) bond motifs is 1. The van der Waals surface area contributed by atoms with Crippen molar-refractivity contribution in [1.82, 2.24) is 0 Å². The van der Waals surface area contributed by atoms with E-state index in [-0.39, 0.29) is 11.7 Å². The van der Waals surface area contributed by atoms with E-state index in [4.69, 9.17) is 14.2 Å². The van der Waals surface area contributed by atoms with Crippen LogP contribution in [0.15, 0.2) is 42.0 Å².